The molecule has 1 fully saturated rings. The number of rotatable bonds is 7. The molecule has 0 saturated carbocycles. The van der Waals surface area contributed by atoms with E-state index in [-0.39, 0.29) is 13.1 Å². The number of hydrogen-bond donors (Lipinski definition) is 1. The molecule has 0 atom stereocenters. The lowest BCUT2D eigenvalue weighted by molar-refractivity contribution is -0.157. The summed E-state index contributed by atoms with van der Waals surface area (Å²) in [4.78, 5) is 10.3. The number of carbonyl (C=O) groups is 1. The fourth-order valence-electron chi connectivity index (χ4n) is 1.81. The minimum absolute atomic E-state index is 0.0470. The van der Waals surface area contributed by atoms with E-state index in [9.17, 15) is 26.4 Å². The van der Waals surface area contributed by atoms with E-state index in [0.29, 0.717) is 0 Å². The van der Waals surface area contributed by atoms with Crippen LogP contribution in [0, 0.1) is 0 Å². The van der Waals surface area contributed by atoms with Crippen LogP contribution < -0.4 is 0 Å². The third-order valence-electron chi connectivity index (χ3n) is 2.82. The van der Waals surface area contributed by atoms with Crippen LogP contribution in [-0.2, 0) is 19.6 Å². The number of sulfonamides is 1. The summed E-state index contributed by atoms with van der Waals surface area (Å²) in [5.41, 5.74) is -0.893. The third kappa shape index (κ3) is 5.25. The quantitative estimate of drug-likeness (QED) is 0.751. The van der Waals surface area contributed by atoms with Gasteiger partial charge in [0.25, 0.3) is 0 Å². The Morgan fingerprint density at radius 3 is 2.40 bits per heavy atom. The zero-order valence-electron chi connectivity index (χ0n) is 10.8. The first-order valence-corrected chi connectivity index (χ1v) is 7.45. The molecule has 0 amide bonds. The van der Waals surface area contributed by atoms with Crippen LogP contribution in [0.15, 0.2) is 0 Å². The number of ether oxygens (including phenoxy) is 1. The molecule has 0 aromatic carbocycles. The molecule has 1 rings (SSSR count). The van der Waals surface area contributed by atoms with Crippen LogP contribution in [0.1, 0.15) is 19.8 Å². The number of halogens is 3. The molecule has 0 aliphatic carbocycles. The first kappa shape index (κ1) is 17.2. The highest BCUT2D eigenvalue weighted by atomic mass is 32.2. The normalized spacial score (nSPS) is 19.6. The van der Waals surface area contributed by atoms with Crippen LogP contribution in [0.3, 0.4) is 0 Å². The van der Waals surface area contributed by atoms with E-state index in [4.69, 9.17) is 9.84 Å². The van der Waals surface area contributed by atoms with E-state index in [1.165, 1.54) is 0 Å². The predicted molar refractivity (Wildman–Crippen MR) is 62.6 cm³/mol. The Balaban J connectivity index is 2.39. The van der Waals surface area contributed by atoms with Crippen LogP contribution in [0.25, 0.3) is 0 Å². The van der Waals surface area contributed by atoms with Crippen LogP contribution >= 0.6 is 0 Å². The smallest absolute Gasteiger partial charge is 0.389 e. The summed E-state index contributed by atoms with van der Waals surface area (Å²) in [5.74, 6) is -1.75. The fraction of sp³-hybridized carbons (Fsp3) is 0.900. The summed E-state index contributed by atoms with van der Waals surface area (Å²) in [7, 11) is -3.75. The lowest BCUT2D eigenvalue weighted by Crippen LogP contribution is -2.63. The van der Waals surface area contributed by atoms with Gasteiger partial charge in [-0.15, -0.1) is 0 Å². The molecule has 0 radical (unpaired) electrons. The van der Waals surface area contributed by atoms with Crippen molar-refractivity contribution < 1.29 is 36.2 Å². The van der Waals surface area contributed by atoms with Crippen LogP contribution in [-0.4, -0.2) is 61.0 Å². The molecule has 6 nitrogen and oxygen atoms in total. The van der Waals surface area contributed by atoms with E-state index in [0.717, 1.165) is 4.31 Å². The first-order chi connectivity index (χ1) is 8.94. The lowest BCUT2D eigenvalue weighted by Gasteiger charge is -2.46. The molecule has 1 aliphatic rings. The van der Waals surface area contributed by atoms with Gasteiger partial charge in [-0.05, 0) is 13.3 Å². The molecule has 20 heavy (non-hydrogen) atoms. The van der Waals surface area contributed by atoms with Crippen molar-refractivity contribution in [1.82, 2.24) is 4.31 Å². The Bertz CT molecular complexity index is 456. The third-order valence-corrected chi connectivity index (χ3v) is 4.67. The highest BCUT2D eigenvalue weighted by Gasteiger charge is 2.46. The number of hydrogen-bond acceptors (Lipinski definition) is 4. The molecule has 1 saturated heterocycles. The van der Waals surface area contributed by atoms with Gasteiger partial charge in [0.05, 0.1) is 11.4 Å². The zero-order valence-corrected chi connectivity index (χ0v) is 11.6. The van der Waals surface area contributed by atoms with Gasteiger partial charge in [0, 0.05) is 19.5 Å². The summed E-state index contributed by atoms with van der Waals surface area (Å²) >= 11 is 0. The first-order valence-electron chi connectivity index (χ1n) is 5.84. The maximum Gasteiger partial charge on any atom is 0.389 e. The van der Waals surface area contributed by atoms with E-state index in [2.05, 4.69) is 0 Å². The lowest BCUT2D eigenvalue weighted by atomic mass is 10.0. The fourth-order valence-corrected chi connectivity index (χ4v) is 3.51. The molecule has 1 N–H and O–H groups in total. The molecular weight excluding hydrogens is 303 g/mol. The molecule has 0 aromatic rings. The van der Waals surface area contributed by atoms with E-state index in [1.807, 2.05) is 0 Å². The second-order valence-electron chi connectivity index (χ2n) is 4.94. The van der Waals surface area contributed by atoms with E-state index >= 15 is 0 Å². The summed E-state index contributed by atoms with van der Waals surface area (Å²) in [6.45, 7) is 0.916. The Morgan fingerprint density at radius 1 is 1.40 bits per heavy atom. The number of aliphatic carboxylic acids is 1. The molecule has 10 heteroatoms. The number of carboxylic acid groups (broad SMARTS) is 1. The van der Waals surface area contributed by atoms with Gasteiger partial charge in [-0.2, -0.15) is 17.5 Å². The van der Waals surface area contributed by atoms with Gasteiger partial charge in [0.15, 0.2) is 0 Å². The number of nitrogens with zero attached hydrogens (tertiary/aromatic N) is 1. The second-order valence-corrected chi connectivity index (χ2v) is 7.02. The monoisotopic (exact) mass is 319 g/mol. The van der Waals surface area contributed by atoms with Gasteiger partial charge in [-0.25, -0.2) is 13.2 Å². The van der Waals surface area contributed by atoms with Crippen molar-refractivity contribution in [3.05, 3.63) is 0 Å². The molecule has 0 unspecified atom stereocenters. The SMILES string of the molecule is CC1(OCC(=O)O)CN(S(=O)(=O)CCCC(F)(F)F)C1. The van der Waals surface area contributed by atoms with Crippen molar-refractivity contribution in [3.63, 3.8) is 0 Å². The van der Waals surface area contributed by atoms with Crippen molar-refractivity contribution >= 4 is 16.0 Å². The average molecular weight is 319 g/mol. The standard InChI is InChI=1S/C10H16F3NO5S/c1-9(19-5-8(15)16)6-14(7-9)20(17,18)4-2-3-10(11,12)13/h2-7H2,1H3,(H,15,16). The van der Waals surface area contributed by atoms with Crippen molar-refractivity contribution in [3.8, 4) is 0 Å². The molecule has 118 valence electrons. The Labute approximate surface area is 114 Å². The minimum atomic E-state index is -4.37. The van der Waals surface area contributed by atoms with E-state index in [1.54, 1.807) is 6.92 Å². The highest BCUT2D eigenvalue weighted by molar-refractivity contribution is 7.89. The van der Waals surface area contributed by atoms with Gasteiger partial charge in [-0.3, -0.25) is 0 Å². The topological polar surface area (TPSA) is 83.9 Å². The molecule has 1 aliphatic heterocycles. The molecular formula is C10H16F3NO5S. The summed E-state index contributed by atoms with van der Waals surface area (Å²) in [6.07, 6.45) is -6.01. The van der Waals surface area contributed by atoms with Gasteiger partial charge in [0.2, 0.25) is 10.0 Å². The van der Waals surface area contributed by atoms with Crippen LogP contribution in [0.5, 0.6) is 0 Å². The highest BCUT2D eigenvalue weighted by Crippen LogP contribution is 2.29. The molecule has 0 bridgehead atoms. The van der Waals surface area contributed by atoms with Gasteiger partial charge < -0.3 is 9.84 Å². The van der Waals surface area contributed by atoms with Crippen LogP contribution in [0.2, 0.25) is 0 Å². The largest absolute Gasteiger partial charge is 0.480 e. The maximum atomic E-state index is 11.9. The minimum Gasteiger partial charge on any atom is -0.480 e. The summed E-state index contributed by atoms with van der Waals surface area (Å²) < 4.78 is 65.3. The zero-order chi connectivity index (χ0) is 15.6. The summed E-state index contributed by atoms with van der Waals surface area (Å²) in [5, 5.41) is 8.45. The van der Waals surface area contributed by atoms with Crippen LogP contribution in [0.4, 0.5) is 13.2 Å². The Kier molecular flexibility index (Phi) is 5.03. The van der Waals surface area contributed by atoms with Gasteiger partial charge in [-0.1, -0.05) is 0 Å². The Morgan fingerprint density at radius 2 is 1.95 bits per heavy atom. The second kappa shape index (κ2) is 5.86. The maximum absolute atomic E-state index is 11.9. The average Bonchev–Trinajstić information content (AvgIpc) is 2.20. The summed E-state index contributed by atoms with van der Waals surface area (Å²) in [6, 6.07) is 0. The predicted octanol–water partition coefficient (Wildman–Crippen LogP) is 0.834. The van der Waals surface area contributed by atoms with Gasteiger partial charge in [0.1, 0.15) is 6.61 Å². The Hall–Kier alpha value is -0.870. The van der Waals surface area contributed by atoms with Crippen molar-refractivity contribution in [2.24, 2.45) is 0 Å². The van der Waals surface area contributed by atoms with Gasteiger partial charge >= 0.3 is 12.1 Å². The van der Waals surface area contributed by atoms with Crippen molar-refractivity contribution in [2.45, 2.75) is 31.5 Å². The molecule has 0 aromatic heterocycles. The molecule has 0 spiro atoms. The van der Waals surface area contributed by atoms with E-state index < -0.39 is 53.0 Å². The van der Waals surface area contributed by atoms with Crippen molar-refractivity contribution in [2.75, 3.05) is 25.4 Å². The molecule has 1 heterocycles. The van der Waals surface area contributed by atoms with Crippen molar-refractivity contribution in [1.29, 1.82) is 0 Å². The number of alkyl halides is 3. The number of carboxylic acids is 1.